The molecule has 6 nitrogen and oxygen atoms in total. The van der Waals surface area contributed by atoms with Crippen LogP contribution in [0.2, 0.25) is 0 Å². The number of nitrogens with one attached hydrogen (secondary N) is 2. The van der Waals surface area contributed by atoms with E-state index < -0.39 is 0 Å². The Kier molecular flexibility index (Phi) is 15.7. The third-order valence-corrected chi connectivity index (χ3v) is 4.77. The van der Waals surface area contributed by atoms with E-state index in [0.717, 1.165) is 71.4 Å². The molecule has 1 saturated heterocycles. The van der Waals surface area contributed by atoms with E-state index >= 15 is 0 Å². The van der Waals surface area contributed by atoms with Crippen molar-refractivity contribution in [2.75, 3.05) is 66.1 Å². The molecule has 1 aliphatic heterocycles. The van der Waals surface area contributed by atoms with Crippen LogP contribution in [0.4, 0.5) is 0 Å². The van der Waals surface area contributed by atoms with Crippen LogP contribution in [-0.4, -0.2) is 87.9 Å². The van der Waals surface area contributed by atoms with Gasteiger partial charge in [-0.15, -0.1) is 24.0 Å². The molecule has 0 amide bonds. The van der Waals surface area contributed by atoms with Crippen molar-refractivity contribution in [3.8, 4) is 0 Å². The van der Waals surface area contributed by atoms with Gasteiger partial charge < -0.3 is 20.3 Å². The van der Waals surface area contributed by atoms with Gasteiger partial charge in [-0.3, -0.25) is 9.89 Å². The summed E-state index contributed by atoms with van der Waals surface area (Å²) in [6.07, 6.45) is 1.00. The van der Waals surface area contributed by atoms with E-state index in [1.54, 1.807) is 0 Å². The van der Waals surface area contributed by atoms with Gasteiger partial charge in [0.2, 0.25) is 0 Å². The monoisotopic (exact) mass is 497 g/mol. The van der Waals surface area contributed by atoms with E-state index in [2.05, 4.69) is 62.1 Å². The van der Waals surface area contributed by atoms with Crippen molar-refractivity contribution in [2.24, 2.45) is 16.8 Å². The van der Waals surface area contributed by atoms with E-state index in [-0.39, 0.29) is 24.0 Å². The van der Waals surface area contributed by atoms with Gasteiger partial charge in [0.1, 0.15) is 0 Å². The summed E-state index contributed by atoms with van der Waals surface area (Å²) in [4.78, 5) is 9.89. The fraction of sp³-hybridized carbons (Fsp3) is 0.950. The minimum atomic E-state index is 0. The summed E-state index contributed by atoms with van der Waals surface area (Å²) in [7, 11) is 2.21. The molecule has 0 aromatic rings. The molecule has 27 heavy (non-hydrogen) atoms. The normalized spacial score (nSPS) is 17.9. The predicted octanol–water partition coefficient (Wildman–Crippen LogP) is 2.49. The number of likely N-dealkylation sites (N-methyl/N-ethyl adjacent to an activating group) is 1. The summed E-state index contributed by atoms with van der Waals surface area (Å²) in [6, 6.07) is 0.508. The largest absolute Gasteiger partial charge is 0.381 e. The van der Waals surface area contributed by atoms with Crippen molar-refractivity contribution >= 4 is 29.9 Å². The number of rotatable bonds is 11. The number of piperazine rings is 1. The lowest BCUT2D eigenvalue weighted by molar-refractivity contribution is 0.0925. The van der Waals surface area contributed by atoms with Gasteiger partial charge in [0.15, 0.2) is 5.96 Å². The van der Waals surface area contributed by atoms with Gasteiger partial charge in [0.05, 0.1) is 6.54 Å². The molecule has 162 valence electrons. The van der Waals surface area contributed by atoms with Crippen molar-refractivity contribution in [3.05, 3.63) is 0 Å². The quantitative estimate of drug-likeness (QED) is 0.199. The molecule has 1 rings (SSSR count). The molecule has 1 heterocycles. The second kappa shape index (κ2) is 15.8. The number of nitrogens with zero attached hydrogens (tertiary/aromatic N) is 3. The molecular formula is C20H44IN5O. The van der Waals surface area contributed by atoms with E-state index in [4.69, 9.17) is 9.73 Å². The van der Waals surface area contributed by atoms with Crippen molar-refractivity contribution < 1.29 is 4.74 Å². The molecule has 0 aliphatic carbocycles. The third-order valence-electron chi connectivity index (χ3n) is 4.77. The van der Waals surface area contributed by atoms with Gasteiger partial charge in [-0.05, 0) is 32.2 Å². The van der Waals surface area contributed by atoms with Gasteiger partial charge in [0.25, 0.3) is 0 Å². The molecule has 0 spiro atoms. The van der Waals surface area contributed by atoms with E-state index in [0.29, 0.717) is 17.9 Å². The minimum absolute atomic E-state index is 0. The zero-order valence-corrected chi connectivity index (χ0v) is 20.8. The van der Waals surface area contributed by atoms with Crippen LogP contribution >= 0.6 is 24.0 Å². The predicted molar refractivity (Wildman–Crippen MR) is 127 cm³/mol. The van der Waals surface area contributed by atoms with Gasteiger partial charge in [0, 0.05) is 58.5 Å². The highest BCUT2D eigenvalue weighted by Crippen LogP contribution is 2.14. The summed E-state index contributed by atoms with van der Waals surface area (Å²) in [5.74, 6) is 2.13. The Morgan fingerprint density at radius 3 is 2.30 bits per heavy atom. The zero-order chi connectivity index (χ0) is 19.4. The first-order valence-corrected chi connectivity index (χ1v) is 10.5. The number of hydrogen-bond donors (Lipinski definition) is 2. The summed E-state index contributed by atoms with van der Waals surface area (Å²) in [5.41, 5.74) is 0. The second-order valence-corrected chi connectivity index (χ2v) is 8.12. The Morgan fingerprint density at radius 1 is 1.07 bits per heavy atom. The van der Waals surface area contributed by atoms with E-state index in [9.17, 15) is 0 Å². The molecule has 0 aromatic carbocycles. The number of guanidine groups is 1. The maximum absolute atomic E-state index is 5.64. The first-order chi connectivity index (χ1) is 12.4. The molecule has 1 atom stereocenters. The molecular weight excluding hydrogens is 453 g/mol. The standard InChI is InChI=1S/C20H43N5O.HI/c1-7-21-20(22-9-8-14-26-16-17(2)3)23-15-19(18(4)5)25-12-10-24(6)11-13-25;/h17-19H,7-16H2,1-6H3,(H2,21,22,23);1H. The van der Waals surface area contributed by atoms with Gasteiger partial charge >= 0.3 is 0 Å². The molecule has 2 N–H and O–H groups in total. The molecule has 0 bridgehead atoms. The van der Waals surface area contributed by atoms with Crippen molar-refractivity contribution in [2.45, 2.75) is 47.1 Å². The Labute approximate surface area is 184 Å². The highest BCUT2D eigenvalue weighted by molar-refractivity contribution is 14.0. The number of halogens is 1. The molecule has 0 saturated carbocycles. The highest BCUT2D eigenvalue weighted by Gasteiger charge is 2.24. The van der Waals surface area contributed by atoms with Crippen molar-refractivity contribution in [1.29, 1.82) is 0 Å². The maximum atomic E-state index is 5.64. The second-order valence-electron chi connectivity index (χ2n) is 8.12. The molecule has 7 heteroatoms. The number of hydrogen-bond acceptors (Lipinski definition) is 4. The SMILES string of the molecule is CCNC(=NCC(C(C)C)N1CCN(C)CC1)NCCCOCC(C)C.I. The van der Waals surface area contributed by atoms with Gasteiger partial charge in [-0.2, -0.15) is 0 Å². The lowest BCUT2D eigenvalue weighted by atomic mass is 10.0. The fourth-order valence-corrected chi connectivity index (χ4v) is 3.13. The molecule has 0 radical (unpaired) electrons. The van der Waals surface area contributed by atoms with E-state index in [1.165, 1.54) is 0 Å². The summed E-state index contributed by atoms with van der Waals surface area (Å²) in [6.45, 7) is 20.0. The topological polar surface area (TPSA) is 52.1 Å². The summed E-state index contributed by atoms with van der Waals surface area (Å²) < 4.78 is 5.64. The Hall–Kier alpha value is -0.120. The van der Waals surface area contributed by atoms with Crippen LogP contribution < -0.4 is 10.6 Å². The minimum Gasteiger partial charge on any atom is -0.381 e. The van der Waals surface area contributed by atoms with Crippen LogP contribution in [0.5, 0.6) is 0 Å². The summed E-state index contributed by atoms with van der Waals surface area (Å²) >= 11 is 0. The van der Waals surface area contributed by atoms with Crippen LogP contribution in [0.1, 0.15) is 41.0 Å². The van der Waals surface area contributed by atoms with Gasteiger partial charge in [-0.25, -0.2) is 0 Å². The average Bonchev–Trinajstić information content (AvgIpc) is 2.59. The van der Waals surface area contributed by atoms with Crippen LogP contribution in [0.3, 0.4) is 0 Å². The highest BCUT2D eigenvalue weighted by atomic mass is 127. The van der Waals surface area contributed by atoms with Crippen LogP contribution in [0, 0.1) is 11.8 Å². The maximum Gasteiger partial charge on any atom is 0.191 e. The number of aliphatic imine (C=N–C) groups is 1. The Balaban J connectivity index is 0.00000676. The van der Waals surface area contributed by atoms with Crippen molar-refractivity contribution in [3.63, 3.8) is 0 Å². The number of ether oxygens (including phenoxy) is 1. The summed E-state index contributed by atoms with van der Waals surface area (Å²) in [5, 5.41) is 6.81. The fourth-order valence-electron chi connectivity index (χ4n) is 3.13. The molecule has 1 aliphatic rings. The lowest BCUT2D eigenvalue weighted by Gasteiger charge is -2.39. The smallest absolute Gasteiger partial charge is 0.191 e. The lowest BCUT2D eigenvalue weighted by Crippen LogP contribution is -2.52. The van der Waals surface area contributed by atoms with Crippen LogP contribution in [0.25, 0.3) is 0 Å². The van der Waals surface area contributed by atoms with Crippen LogP contribution in [0.15, 0.2) is 4.99 Å². The molecule has 1 unspecified atom stereocenters. The average molecular weight is 498 g/mol. The first-order valence-electron chi connectivity index (χ1n) is 10.5. The Morgan fingerprint density at radius 2 is 1.74 bits per heavy atom. The van der Waals surface area contributed by atoms with Crippen molar-refractivity contribution in [1.82, 2.24) is 20.4 Å². The van der Waals surface area contributed by atoms with E-state index in [1.807, 2.05) is 0 Å². The molecule has 0 aromatic heterocycles. The first kappa shape index (κ1) is 26.9. The Bertz CT molecular complexity index is 385. The zero-order valence-electron chi connectivity index (χ0n) is 18.5. The molecule has 1 fully saturated rings. The van der Waals surface area contributed by atoms with Gasteiger partial charge in [-0.1, -0.05) is 27.7 Å². The van der Waals surface area contributed by atoms with Crippen LogP contribution in [-0.2, 0) is 4.74 Å². The third kappa shape index (κ3) is 12.1.